The van der Waals surface area contributed by atoms with Gasteiger partial charge in [0.1, 0.15) is 16.3 Å². The molecular formula is C16H15N3OS. The highest BCUT2D eigenvalue weighted by atomic mass is 32.1. The van der Waals surface area contributed by atoms with E-state index in [1.165, 1.54) is 24.2 Å². The molecular weight excluding hydrogens is 282 g/mol. The summed E-state index contributed by atoms with van der Waals surface area (Å²) in [5.41, 5.74) is 2.52. The Morgan fingerprint density at radius 3 is 3.00 bits per heavy atom. The number of carbonyl (C=O) groups excluding carboxylic acids is 1. The number of hydrogen-bond acceptors (Lipinski definition) is 4. The molecule has 1 N–H and O–H groups in total. The molecule has 3 aromatic heterocycles. The van der Waals surface area contributed by atoms with E-state index in [2.05, 4.69) is 15.0 Å². The molecule has 3 heterocycles. The van der Waals surface area contributed by atoms with Crippen molar-refractivity contribution in [3.05, 3.63) is 35.6 Å². The summed E-state index contributed by atoms with van der Waals surface area (Å²) >= 11 is 1.53. The fourth-order valence-corrected chi connectivity index (χ4v) is 3.90. The van der Waals surface area contributed by atoms with E-state index >= 15 is 0 Å². The summed E-state index contributed by atoms with van der Waals surface area (Å²) in [5, 5.41) is 3.84. The molecule has 0 atom stereocenters. The van der Waals surface area contributed by atoms with Gasteiger partial charge in [-0.25, -0.2) is 9.97 Å². The van der Waals surface area contributed by atoms with Crippen LogP contribution in [0, 0.1) is 5.92 Å². The summed E-state index contributed by atoms with van der Waals surface area (Å²) in [5.74, 6) is 0.402. The number of fused-ring (bicyclic) bond motifs is 1. The maximum absolute atomic E-state index is 12.4. The Hall–Kier alpha value is -2.01. The topological polar surface area (TPSA) is 58.6 Å². The Labute approximate surface area is 126 Å². The summed E-state index contributed by atoms with van der Waals surface area (Å²) in [6, 6.07) is 3.95. The minimum atomic E-state index is 0.185. The number of H-pyrrole nitrogens is 1. The monoisotopic (exact) mass is 297 g/mol. The van der Waals surface area contributed by atoms with E-state index < -0.39 is 0 Å². The second-order valence-corrected chi connectivity index (χ2v) is 6.34. The molecule has 4 rings (SSSR count). The summed E-state index contributed by atoms with van der Waals surface area (Å²) in [4.78, 5) is 24.4. The van der Waals surface area contributed by atoms with Crippen LogP contribution in [0.15, 0.2) is 29.9 Å². The highest BCUT2D eigenvalue weighted by Gasteiger charge is 2.25. The molecule has 4 nitrogen and oxygen atoms in total. The van der Waals surface area contributed by atoms with Gasteiger partial charge in [-0.1, -0.05) is 12.8 Å². The van der Waals surface area contributed by atoms with Crippen LogP contribution in [-0.2, 0) is 0 Å². The van der Waals surface area contributed by atoms with Gasteiger partial charge >= 0.3 is 0 Å². The van der Waals surface area contributed by atoms with Gasteiger partial charge in [0.25, 0.3) is 0 Å². The van der Waals surface area contributed by atoms with Crippen molar-refractivity contribution in [3.63, 3.8) is 0 Å². The van der Waals surface area contributed by atoms with Crippen LogP contribution in [0.3, 0.4) is 0 Å². The normalized spacial score (nSPS) is 15.8. The van der Waals surface area contributed by atoms with Crippen molar-refractivity contribution in [2.75, 3.05) is 0 Å². The number of hydrogen-bond donors (Lipinski definition) is 1. The van der Waals surface area contributed by atoms with Gasteiger partial charge in [0.05, 0.1) is 0 Å². The minimum Gasteiger partial charge on any atom is -0.346 e. The molecule has 0 aromatic carbocycles. The molecule has 21 heavy (non-hydrogen) atoms. The lowest BCUT2D eigenvalue weighted by molar-refractivity contribution is 0.0918. The first-order chi connectivity index (χ1) is 10.3. The molecule has 0 saturated heterocycles. The van der Waals surface area contributed by atoms with Gasteiger partial charge < -0.3 is 4.98 Å². The SMILES string of the molecule is O=C(c1csc(-c2ccnc3[nH]ccc23)n1)C1CCCC1. The van der Waals surface area contributed by atoms with Crippen LogP contribution in [0.5, 0.6) is 0 Å². The molecule has 0 bridgehead atoms. The van der Waals surface area contributed by atoms with Gasteiger partial charge in [-0.3, -0.25) is 4.79 Å². The molecule has 0 amide bonds. The first-order valence-electron chi connectivity index (χ1n) is 7.25. The number of rotatable bonds is 3. The van der Waals surface area contributed by atoms with Gasteiger partial charge in [-0.2, -0.15) is 0 Å². The number of Topliss-reactive ketones (excluding diaryl/α,β-unsaturated/α-hetero) is 1. The third-order valence-corrected chi connectivity index (χ3v) is 5.05. The minimum absolute atomic E-state index is 0.185. The first-order valence-corrected chi connectivity index (χ1v) is 8.13. The zero-order chi connectivity index (χ0) is 14.2. The average molecular weight is 297 g/mol. The first kappa shape index (κ1) is 12.7. The number of pyridine rings is 1. The van der Waals surface area contributed by atoms with Crippen LogP contribution in [0.25, 0.3) is 21.6 Å². The second-order valence-electron chi connectivity index (χ2n) is 5.48. The van der Waals surface area contributed by atoms with E-state index in [0.717, 1.165) is 34.4 Å². The van der Waals surface area contributed by atoms with Crippen molar-refractivity contribution in [2.45, 2.75) is 25.7 Å². The molecule has 3 aromatic rings. The maximum Gasteiger partial charge on any atom is 0.185 e. The Kier molecular flexibility index (Phi) is 3.07. The lowest BCUT2D eigenvalue weighted by Crippen LogP contribution is -2.11. The molecule has 0 spiro atoms. The van der Waals surface area contributed by atoms with Crippen molar-refractivity contribution in [3.8, 4) is 10.6 Å². The number of aromatic amines is 1. The number of nitrogens with one attached hydrogen (secondary N) is 1. The van der Waals surface area contributed by atoms with Gasteiger partial charge in [-0.05, 0) is 25.0 Å². The molecule has 1 aliphatic rings. The highest BCUT2D eigenvalue weighted by Crippen LogP contribution is 2.32. The lowest BCUT2D eigenvalue weighted by atomic mass is 10.0. The molecule has 1 aliphatic carbocycles. The summed E-state index contributed by atoms with van der Waals surface area (Å²) in [6.45, 7) is 0. The fraction of sp³-hybridized carbons (Fsp3) is 0.312. The van der Waals surface area contributed by atoms with Gasteiger partial charge in [0.15, 0.2) is 5.78 Å². The van der Waals surface area contributed by atoms with E-state index in [1.54, 1.807) is 6.20 Å². The van der Waals surface area contributed by atoms with Crippen LogP contribution < -0.4 is 0 Å². The quantitative estimate of drug-likeness (QED) is 0.742. The Morgan fingerprint density at radius 2 is 2.14 bits per heavy atom. The predicted molar refractivity (Wildman–Crippen MR) is 83.5 cm³/mol. The molecule has 106 valence electrons. The summed E-state index contributed by atoms with van der Waals surface area (Å²) in [6.07, 6.45) is 8.02. The van der Waals surface area contributed by atoms with Crippen LogP contribution >= 0.6 is 11.3 Å². The van der Waals surface area contributed by atoms with Crippen molar-refractivity contribution in [1.29, 1.82) is 0 Å². The lowest BCUT2D eigenvalue weighted by Gasteiger charge is -2.04. The van der Waals surface area contributed by atoms with Crippen LogP contribution in [0.2, 0.25) is 0 Å². The van der Waals surface area contributed by atoms with E-state index in [9.17, 15) is 4.79 Å². The van der Waals surface area contributed by atoms with Crippen molar-refractivity contribution in [1.82, 2.24) is 15.0 Å². The van der Waals surface area contributed by atoms with Gasteiger partial charge in [0.2, 0.25) is 0 Å². The smallest absolute Gasteiger partial charge is 0.185 e. The molecule has 0 unspecified atom stereocenters. The van der Waals surface area contributed by atoms with E-state index in [4.69, 9.17) is 0 Å². The number of thiazole rings is 1. The predicted octanol–water partition coefficient (Wildman–Crippen LogP) is 4.06. The third-order valence-electron chi connectivity index (χ3n) is 4.17. The zero-order valence-electron chi connectivity index (χ0n) is 11.5. The number of aromatic nitrogens is 3. The number of ketones is 1. The maximum atomic E-state index is 12.4. The van der Waals surface area contributed by atoms with E-state index in [0.29, 0.717) is 5.69 Å². The molecule has 1 fully saturated rings. The fourth-order valence-electron chi connectivity index (χ4n) is 3.06. The molecule has 1 saturated carbocycles. The highest BCUT2D eigenvalue weighted by molar-refractivity contribution is 7.13. The van der Waals surface area contributed by atoms with E-state index in [1.807, 2.05) is 23.7 Å². The second kappa shape index (κ2) is 5.07. The Bertz CT molecular complexity index is 799. The molecule has 5 heteroatoms. The van der Waals surface area contributed by atoms with Crippen molar-refractivity contribution in [2.24, 2.45) is 5.92 Å². The summed E-state index contributed by atoms with van der Waals surface area (Å²) < 4.78 is 0. The third kappa shape index (κ3) is 2.17. The number of carbonyl (C=O) groups is 1. The van der Waals surface area contributed by atoms with Crippen LogP contribution in [0.1, 0.15) is 36.2 Å². The van der Waals surface area contributed by atoms with Gasteiger partial charge in [-0.15, -0.1) is 11.3 Å². The van der Waals surface area contributed by atoms with Crippen LogP contribution in [-0.4, -0.2) is 20.7 Å². The van der Waals surface area contributed by atoms with Crippen LogP contribution in [0.4, 0.5) is 0 Å². The van der Waals surface area contributed by atoms with Gasteiger partial charge in [0, 0.05) is 34.6 Å². The molecule has 0 radical (unpaired) electrons. The van der Waals surface area contributed by atoms with Crippen molar-refractivity contribution >= 4 is 28.2 Å². The van der Waals surface area contributed by atoms with E-state index in [-0.39, 0.29) is 11.7 Å². The Morgan fingerprint density at radius 1 is 1.29 bits per heavy atom. The standard InChI is InChI=1S/C16H15N3OS/c20-14(10-3-1-2-4-10)13-9-21-16(19-13)12-6-8-18-15-11(12)5-7-17-15/h5-10H,1-4H2,(H,17,18). The Balaban J connectivity index is 1.71. The zero-order valence-corrected chi connectivity index (χ0v) is 12.3. The molecule has 0 aliphatic heterocycles. The largest absolute Gasteiger partial charge is 0.346 e. The average Bonchev–Trinajstić information content (AvgIpc) is 3.25. The van der Waals surface area contributed by atoms with Crippen molar-refractivity contribution < 1.29 is 4.79 Å². The number of nitrogens with zero attached hydrogens (tertiary/aromatic N) is 2. The summed E-state index contributed by atoms with van der Waals surface area (Å²) in [7, 11) is 0.